The van der Waals surface area contributed by atoms with E-state index in [1.54, 1.807) is 24.3 Å². The molecule has 0 aromatic heterocycles. The van der Waals surface area contributed by atoms with Gasteiger partial charge >= 0.3 is 5.97 Å². The fourth-order valence-corrected chi connectivity index (χ4v) is 7.81. The Balaban J connectivity index is 1.13. The first-order valence-electron chi connectivity index (χ1n) is 14.3. The van der Waals surface area contributed by atoms with Crippen LogP contribution in [0, 0.1) is 17.8 Å². The van der Waals surface area contributed by atoms with E-state index >= 15 is 0 Å². The summed E-state index contributed by atoms with van der Waals surface area (Å²) >= 11 is 5.90. The Bertz CT molecular complexity index is 1350. The van der Waals surface area contributed by atoms with E-state index in [4.69, 9.17) is 16.3 Å². The van der Waals surface area contributed by atoms with Crippen molar-refractivity contribution in [1.29, 1.82) is 0 Å². The highest BCUT2D eigenvalue weighted by Crippen LogP contribution is 2.60. The van der Waals surface area contributed by atoms with E-state index in [1.807, 2.05) is 42.5 Å². The fraction of sp³-hybridized carbons (Fsp3) is 0.382. The van der Waals surface area contributed by atoms with Gasteiger partial charge in [0.25, 0.3) is 5.91 Å². The number of carbonyl (C=O) groups is 3. The number of Topliss-reactive ketones (excluding diaryl/α,β-unsaturated/α-hetero) is 1. The molecule has 40 heavy (non-hydrogen) atoms. The molecule has 0 saturated heterocycles. The molecule has 3 aromatic carbocycles. The van der Waals surface area contributed by atoms with E-state index in [-0.39, 0.29) is 23.5 Å². The summed E-state index contributed by atoms with van der Waals surface area (Å²) in [6, 6.07) is 22.9. The summed E-state index contributed by atoms with van der Waals surface area (Å²) in [5, 5.41) is 3.38. The van der Waals surface area contributed by atoms with E-state index in [0.717, 1.165) is 23.3 Å². The van der Waals surface area contributed by atoms with E-state index in [0.29, 0.717) is 16.1 Å². The summed E-state index contributed by atoms with van der Waals surface area (Å²) in [5.74, 6) is 1.24. The Morgan fingerprint density at radius 3 is 1.98 bits per heavy atom. The first kappa shape index (κ1) is 26.8. The Labute approximate surface area is 240 Å². The number of hydrogen-bond acceptors (Lipinski definition) is 4. The minimum atomic E-state index is -0.934. The van der Waals surface area contributed by atoms with Gasteiger partial charge in [0.2, 0.25) is 0 Å². The minimum absolute atomic E-state index is 0.256. The smallest absolute Gasteiger partial charge is 0.329 e. The van der Waals surface area contributed by atoms with Gasteiger partial charge in [0.1, 0.15) is 6.04 Å². The molecule has 7 rings (SSSR count). The molecule has 0 spiro atoms. The maximum Gasteiger partial charge on any atom is 0.329 e. The van der Waals surface area contributed by atoms with Gasteiger partial charge in [0.05, 0.1) is 0 Å². The molecule has 4 saturated carbocycles. The van der Waals surface area contributed by atoms with Crippen molar-refractivity contribution >= 4 is 29.3 Å². The third kappa shape index (κ3) is 5.71. The molecule has 3 aromatic rings. The van der Waals surface area contributed by atoms with Gasteiger partial charge in [-0.15, -0.1) is 0 Å². The molecule has 4 fully saturated rings. The predicted octanol–water partition coefficient (Wildman–Crippen LogP) is 6.58. The molecule has 1 N–H and O–H groups in total. The van der Waals surface area contributed by atoms with Crippen molar-refractivity contribution in [3.8, 4) is 0 Å². The largest absolute Gasteiger partial charge is 0.456 e. The number of nitrogens with one attached hydrogen (secondary N) is 1. The molecule has 4 aliphatic rings. The second-order valence-electron chi connectivity index (χ2n) is 12.0. The number of hydrogen-bond donors (Lipinski definition) is 1. The van der Waals surface area contributed by atoms with Crippen LogP contribution in [0.1, 0.15) is 70.4 Å². The van der Waals surface area contributed by atoms with Gasteiger partial charge in [-0.05, 0) is 109 Å². The molecule has 0 radical (unpaired) electrons. The Hall–Kier alpha value is -3.44. The van der Waals surface area contributed by atoms with Crippen molar-refractivity contribution in [2.75, 3.05) is 6.61 Å². The molecule has 4 bridgehead atoms. The first-order valence-corrected chi connectivity index (χ1v) is 14.7. The Morgan fingerprint density at radius 1 is 0.800 bits per heavy atom. The summed E-state index contributed by atoms with van der Waals surface area (Å²) in [6.07, 6.45) is 8.24. The first-order chi connectivity index (χ1) is 19.4. The highest BCUT2D eigenvalue weighted by molar-refractivity contribution is 6.30. The fourth-order valence-electron chi connectivity index (χ4n) is 7.68. The molecule has 1 unspecified atom stereocenters. The lowest BCUT2D eigenvalue weighted by Crippen LogP contribution is -2.48. The van der Waals surface area contributed by atoms with Gasteiger partial charge in [-0.1, -0.05) is 54.1 Å². The average Bonchev–Trinajstić information content (AvgIpc) is 2.95. The van der Waals surface area contributed by atoms with Crippen LogP contribution in [0.5, 0.6) is 0 Å². The molecular weight excluding hydrogens is 522 g/mol. The average molecular weight is 556 g/mol. The maximum atomic E-state index is 13.3. The number of benzene rings is 3. The zero-order valence-corrected chi connectivity index (χ0v) is 23.2. The van der Waals surface area contributed by atoms with Gasteiger partial charge in [0, 0.05) is 22.6 Å². The summed E-state index contributed by atoms with van der Waals surface area (Å²) in [4.78, 5) is 38.9. The van der Waals surface area contributed by atoms with E-state index in [1.165, 1.54) is 44.1 Å². The van der Waals surface area contributed by atoms with Crippen molar-refractivity contribution in [1.82, 2.24) is 5.32 Å². The van der Waals surface area contributed by atoms with Crippen molar-refractivity contribution in [2.45, 2.75) is 56.4 Å². The molecule has 206 valence electrons. The summed E-state index contributed by atoms with van der Waals surface area (Å²) in [5.41, 5.74) is 3.41. The number of carbonyl (C=O) groups excluding carboxylic acids is 3. The molecule has 6 heteroatoms. The van der Waals surface area contributed by atoms with Crippen molar-refractivity contribution < 1.29 is 19.1 Å². The monoisotopic (exact) mass is 555 g/mol. The van der Waals surface area contributed by atoms with E-state index in [9.17, 15) is 14.4 Å². The lowest BCUT2D eigenvalue weighted by Gasteiger charge is -2.57. The van der Waals surface area contributed by atoms with Crippen molar-refractivity contribution in [3.63, 3.8) is 0 Å². The van der Waals surface area contributed by atoms with Crippen LogP contribution in [0.2, 0.25) is 5.02 Å². The number of ether oxygens (including phenoxy) is 1. The van der Waals surface area contributed by atoms with Crippen LogP contribution in [0.4, 0.5) is 0 Å². The molecule has 0 aliphatic heterocycles. The van der Waals surface area contributed by atoms with Gasteiger partial charge in [-0.2, -0.15) is 0 Å². The van der Waals surface area contributed by atoms with Crippen LogP contribution in [-0.2, 0) is 21.4 Å². The third-order valence-electron chi connectivity index (χ3n) is 9.18. The zero-order chi connectivity index (χ0) is 27.7. The second kappa shape index (κ2) is 11.2. The number of amides is 1. The van der Waals surface area contributed by atoms with Crippen molar-refractivity contribution in [2.24, 2.45) is 17.8 Å². The number of halogens is 1. The molecular formula is C34H34ClNO4. The highest BCUT2D eigenvalue weighted by atomic mass is 35.5. The van der Waals surface area contributed by atoms with Crippen LogP contribution < -0.4 is 5.32 Å². The van der Waals surface area contributed by atoms with E-state index in [2.05, 4.69) is 17.4 Å². The number of rotatable bonds is 9. The molecule has 1 amide bonds. The zero-order valence-electron chi connectivity index (χ0n) is 22.5. The standard InChI is InChI=1S/C34H34ClNO4/c35-29-12-8-26(9-13-29)31(37)21-40-33(39)30(17-22-4-2-1-3-5-22)36-32(38)27-6-10-28(11-7-27)34-18-23-14-24(19-34)16-25(15-23)20-34/h1-13,23-25,30H,14-21H2,(H,36,38). The molecule has 5 nitrogen and oxygen atoms in total. The predicted molar refractivity (Wildman–Crippen MR) is 154 cm³/mol. The minimum Gasteiger partial charge on any atom is -0.456 e. The molecule has 0 heterocycles. The van der Waals surface area contributed by atoms with E-state index < -0.39 is 18.6 Å². The SMILES string of the molecule is O=C(COC(=O)C(Cc1ccccc1)NC(=O)c1ccc(C23CC4CC(CC(C4)C2)C3)cc1)c1ccc(Cl)cc1. The number of ketones is 1. The third-order valence-corrected chi connectivity index (χ3v) is 9.43. The summed E-state index contributed by atoms with van der Waals surface area (Å²) in [7, 11) is 0. The lowest BCUT2D eigenvalue weighted by atomic mass is 9.48. The number of esters is 1. The Morgan fingerprint density at radius 2 is 1.38 bits per heavy atom. The van der Waals surface area contributed by atoms with Crippen LogP contribution >= 0.6 is 11.6 Å². The van der Waals surface area contributed by atoms with Crippen LogP contribution in [0.25, 0.3) is 0 Å². The second-order valence-corrected chi connectivity index (χ2v) is 12.5. The topological polar surface area (TPSA) is 72.5 Å². The maximum absolute atomic E-state index is 13.3. The van der Waals surface area contributed by atoms with Gasteiger partial charge in [0.15, 0.2) is 12.4 Å². The van der Waals surface area contributed by atoms with Crippen LogP contribution in [-0.4, -0.2) is 30.3 Å². The quantitative estimate of drug-likeness (QED) is 0.239. The molecule has 1 atom stereocenters. The van der Waals surface area contributed by atoms with Crippen molar-refractivity contribution in [3.05, 3.63) is 106 Å². The highest BCUT2D eigenvalue weighted by Gasteiger charge is 2.51. The molecule has 4 aliphatic carbocycles. The summed E-state index contributed by atoms with van der Waals surface area (Å²) < 4.78 is 5.38. The lowest BCUT2D eigenvalue weighted by molar-refractivity contribution is -0.144. The Kier molecular flexibility index (Phi) is 7.50. The van der Waals surface area contributed by atoms with Gasteiger partial charge < -0.3 is 10.1 Å². The van der Waals surface area contributed by atoms with Crippen LogP contribution in [0.3, 0.4) is 0 Å². The van der Waals surface area contributed by atoms with Crippen LogP contribution in [0.15, 0.2) is 78.9 Å². The summed E-state index contributed by atoms with van der Waals surface area (Å²) in [6.45, 7) is -0.415. The van der Waals surface area contributed by atoms with Gasteiger partial charge in [-0.25, -0.2) is 4.79 Å². The normalized spacial score (nSPS) is 25.3. The van der Waals surface area contributed by atoms with Gasteiger partial charge in [-0.3, -0.25) is 9.59 Å².